The third-order valence-electron chi connectivity index (χ3n) is 11.0. The van der Waals surface area contributed by atoms with Gasteiger partial charge in [0.2, 0.25) is 11.8 Å². The number of amides is 2. The van der Waals surface area contributed by atoms with E-state index in [1.807, 2.05) is 6.92 Å². The van der Waals surface area contributed by atoms with Gasteiger partial charge >= 0.3 is 7.12 Å². The fourth-order valence-electron chi connectivity index (χ4n) is 8.50. The topological polar surface area (TPSA) is 157 Å². The molecule has 1 saturated heterocycles. The average molecular weight is 667 g/mol. The van der Waals surface area contributed by atoms with Crippen LogP contribution in [0.3, 0.4) is 0 Å². The third-order valence-corrected chi connectivity index (χ3v) is 11.4. The lowest BCUT2D eigenvalue weighted by Gasteiger charge is -2.44. The smallest absolute Gasteiger partial charge is 0.427 e. The molecule has 0 aromatic rings. The first-order valence-electron chi connectivity index (χ1n) is 17.8. The van der Waals surface area contributed by atoms with Crippen molar-refractivity contribution in [2.45, 2.75) is 133 Å². The van der Waals surface area contributed by atoms with E-state index < -0.39 is 7.12 Å². The van der Waals surface area contributed by atoms with Gasteiger partial charge < -0.3 is 30.2 Å². The van der Waals surface area contributed by atoms with Gasteiger partial charge in [-0.1, -0.05) is 12.8 Å². The Kier molecular flexibility index (Phi) is 13.6. The van der Waals surface area contributed by atoms with Crippen LogP contribution in [0, 0.1) is 17.8 Å². The Labute approximate surface area is 279 Å². The molecule has 3 aliphatic carbocycles. The van der Waals surface area contributed by atoms with Crippen molar-refractivity contribution in [1.29, 1.82) is 0 Å². The van der Waals surface area contributed by atoms with Gasteiger partial charge in [0, 0.05) is 42.1 Å². The Hall–Kier alpha value is -1.32. The maximum atomic E-state index is 12.8. The molecule has 14 heteroatoms. The molecule has 0 aromatic heterocycles. The number of alkyl halides is 1. The zero-order chi connectivity index (χ0) is 32.6. The first-order valence-corrected chi connectivity index (χ1v) is 18.3. The molecule has 0 bridgehead atoms. The lowest BCUT2D eigenvalue weighted by atomic mass is 9.63. The number of rotatable bonds is 13. The minimum absolute atomic E-state index is 0.0242. The largest absolute Gasteiger partial charge is 0.454 e. The minimum Gasteiger partial charge on any atom is -0.427 e. The fourth-order valence-corrected chi connectivity index (χ4v) is 8.76. The van der Waals surface area contributed by atoms with Gasteiger partial charge in [0.1, 0.15) is 0 Å². The highest BCUT2D eigenvalue weighted by Crippen LogP contribution is 2.42. The molecule has 2 heterocycles. The zero-order valence-electron chi connectivity index (χ0n) is 27.7. The predicted octanol–water partition coefficient (Wildman–Crippen LogP) is 1.94. The maximum absolute atomic E-state index is 12.8. The number of nitrogens with one attached hydrogen (secondary N) is 4. The molecule has 46 heavy (non-hydrogen) atoms. The van der Waals surface area contributed by atoms with Crippen LogP contribution in [0.15, 0.2) is 4.99 Å². The monoisotopic (exact) mass is 666 g/mol. The highest BCUT2D eigenvalue weighted by atomic mass is 35.5. The van der Waals surface area contributed by atoms with Crippen molar-refractivity contribution >= 4 is 36.2 Å². The highest BCUT2D eigenvalue weighted by Gasteiger charge is 2.50. The second kappa shape index (κ2) is 17.4. The Balaban J connectivity index is 1.13. The Bertz CT molecular complexity index is 1030. The maximum Gasteiger partial charge on any atom is 0.454 e. The number of hydrogen-bond acceptors (Lipinski definition) is 10. The molecule has 6 atom stereocenters. The molecular formula is C32H56BClN6O6. The van der Waals surface area contributed by atoms with Crippen molar-refractivity contribution in [3.63, 3.8) is 0 Å². The van der Waals surface area contributed by atoms with Gasteiger partial charge in [-0.3, -0.25) is 19.5 Å². The Morgan fingerprint density at radius 1 is 1.00 bits per heavy atom. The Morgan fingerprint density at radius 2 is 1.76 bits per heavy atom. The van der Waals surface area contributed by atoms with Crippen molar-refractivity contribution in [1.82, 2.24) is 26.4 Å². The van der Waals surface area contributed by atoms with Gasteiger partial charge in [-0.25, -0.2) is 10.9 Å². The summed E-state index contributed by atoms with van der Waals surface area (Å²) < 4.78 is 12.2. The summed E-state index contributed by atoms with van der Waals surface area (Å²) >= 11 is 6.52. The van der Waals surface area contributed by atoms with E-state index in [1.54, 1.807) is 0 Å². The molecule has 3 saturated carbocycles. The number of carbonyl (C=O) groups is 2. The van der Waals surface area contributed by atoms with Gasteiger partial charge in [0.05, 0.1) is 50.7 Å². The van der Waals surface area contributed by atoms with Crippen molar-refractivity contribution in [3.05, 3.63) is 0 Å². The highest BCUT2D eigenvalue weighted by molar-refractivity contribution is 6.43. The number of nitrogens with zero attached hydrogens (tertiary/aromatic N) is 2. The molecular weight excluding hydrogens is 611 g/mol. The average Bonchev–Trinajstić information content (AvgIpc) is 3.37. The van der Waals surface area contributed by atoms with Gasteiger partial charge in [-0.15, -0.1) is 11.6 Å². The normalized spacial score (nSPS) is 36.6. The molecule has 5 rings (SSSR count). The summed E-state index contributed by atoms with van der Waals surface area (Å²) in [6.07, 6.45) is 10.2. The summed E-state index contributed by atoms with van der Waals surface area (Å²) in [5.41, 5.74) is 8.18. The summed E-state index contributed by atoms with van der Waals surface area (Å²) in [7, 11) is -1.29. The van der Waals surface area contributed by atoms with Gasteiger partial charge in [0.25, 0.3) is 0 Å². The van der Waals surface area contributed by atoms with Crippen molar-refractivity contribution < 1.29 is 29.1 Å². The van der Waals surface area contributed by atoms with E-state index in [2.05, 4.69) is 33.3 Å². The molecule has 0 radical (unpaired) electrons. The minimum atomic E-state index is -1.29. The molecule has 12 nitrogen and oxygen atoms in total. The summed E-state index contributed by atoms with van der Waals surface area (Å²) in [4.78, 5) is 33.3. The van der Waals surface area contributed by atoms with Crippen LogP contribution in [-0.2, 0) is 19.1 Å². The van der Waals surface area contributed by atoms with Crippen LogP contribution in [0.2, 0.25) is 5.82 Å². The van der Waals surface area contributed by atoms with Crippen LogP contribution >= 0.6 is 11.6 Å². The van der Waals surface area contributed by atoms with Crippen molar-refractivity contribution in [2.75, 3.05) is 32.9 Å². The van der Waals surface area contributed by atoms with Crippen LogP contribution in [0.4, 0.5) is 0 Å². The third kappa shape index (κ3) is 9.22. The molecule has 4 fully saturated rings. The van der Waals surface area contributed by atoms with E-state index in [4.69, 9.17) is 26.1 Å². The van der Waals surface area contributed by atoms with Gasteiger partial charge in [-0.2, -0.15) is 0 Å². The molecule has 5 aliphatic rings. The number of ether oxygens (including phenoxy) is 2. The van der Waals surface area contributed by atoms with E-state index in [-0.39, 0.29) is 59.3 Å². The van der Waals surface area contributed by atoms with Crippen LogP contribution in [0.25, 0.3) is 0 Å². The first kappa shape index (κ1) is 36.0. The number of fused-ring (bicyclic) bond motifs is 3. The second-order valence-corrected chi connectivity index (χ2v) is 14.6. The molecule has 0 aromatic carbocycles. The standard InChI is InChI=1S/C32H56BClN6O6/c1-3-35-29(41)19-27-31-39-38-20(2)40(31)28-13-12-25(18-26(28)30(37-27)21-6-10-24(34)11-7-21)46-17-16-45-15-14-36-32(42)22-4-8-23(9-5-22)33(43)44/h20-28,31,38-39,43-44H,3-19H2,1-2H3,(H,35,41)(H,36,42)/t20?,21?,22?,23?,24?,25?,26?,27-,28?,31?/m0/s1. The summed E-state index contributed by atoms with van der Waals surface area (Å²) in [6.45, 7) is 6.59. The zero-order valence-corrected chi connectivity index (χ0v) is 28.4. The number of aliphatic imine (C=N–C) groups is 1. The van der Waals surface area contributed by atoms with Crippen LogP contribution in [-0.4, -0.2) is 108 Å². The molecule has 2 amide bonds. The van der Waals surface area contributed by atoms with Crippen molar-refractivity contribution in [3.8, 4) is 0 Å². The van der Waals surface area contributed by atoms with Crippen LogP contribution in [0.1, 0.15) is 90.9 Å². The molecule has 6 N–H and O–H groups in total. The fraction of sp³-hybridized carbons (Fsp3) is 0.906. The predicted molar refractivity (Wildman–Crippen MR) is 178 cm³/mol. The summed E-state index contributed by atoms with van der Waals surface area (Å²) in [5, 5.41) is 24.9. The molecule has 5 unspecified atom stereocenters. The summed E-state index contributed by atoms with van der Waals surface area (Å²) in [6, 6.07) is 0.146. The van der Waals surface area contributed by atoms with E-state index in [0.29, 0.717) is 77.0 Å². The van der Waals surface area contributed by atoms with Crippen LogP contribution in [0.5, 0.6) is 0 Å². The molecule has 0 spiro atoms. The second-order valence-electron chi connectivity index (χ2n) is 14.0. The number of hydrazine groups is 1. The quantitative estimate of drug-likeness (QED) is 0.0983. The van der Waals surface area contributed by atoms with Crippen LogP contribution < -0.4 is 21.5 Å². The van der Waals surface area contributed by atoms with E-state index in [9.17, 15) is 19.6 Å². The van der Waals surface area contributed by atoms with E-state index in [0.717, 1.165) is 44.9 Å². The first-order chi connectivity index (χ1) is 22.2. The molecule has 2 aliphatic heterocycles. The SMILES string of the molecule is CCNC(=O)C[C@@H]1N=C(C2CCC(Cl)CC2)C2CC(OCCOCCNC(=O)C3CCC(B(O)O)CC3)CCC2N2C(C)NNC12. The van der Waals surface area contributed by atoms with Gasteiger partial charge in [0.15, 0.2) is 0 Å². The summed E-state index contributed by atoms with van der Waals surface area (Å²) in [5.74, 6) is 0.517. The number of carbonyl (C=O) groups excluding carboxylic acids is 2. The lowest BCUT2D eigenvalue weighted by Crippen LogP contribution is -2.55. The lowest BCUT2D eigenvalue weighted by molar-refractivity contribution is -0.126. The molecule has 260 valence electrons. The van der Waals surface area contributed by atoms with Crippen molar-refractivity contribution in [2.24, 2.45) is 22.7 Å². The van der Waals surface area contributed by atoms with E-state index in [1.165, 1.54) is 5.71 Å². The van der Waals surface area contributed by atoms with E-state index >= 15 is 0 Å². The van der Waals surface area contributed by atoms with Gasteiger partial charge in [-0.05, 0) is 83.4 Å². The number of halogens is 1. The Morgan fingerprint density at radius 3 is 2.48 bits per heavy atom. The number of hydrogen-bond donors (Lipinski definition) is 6.